The number of amides is 2. The van der Waals surface area contributed by atoms with Gasteiger partial charge in [0.1, 0.15) is 5.82 Å². The quantitative estimate of drug-likeness (QED) is 0.627. The Bertz CT molecular complexity index is 1090. The molecule has 1 aromatic heterocycles. The molecule has 29 heavy (non-hydrogen) atoms. The lowest BCUT2D eigenvalue weighted by molar-refractivity contribution is -0.122. The summed E-state index contributed by atoms with van der Waals surface area (Å²) >= 11 is 3.47. The van der Waals surface area contributed by atoms with E-state index in [2.05, 4.69) is 36.4 Å². The number of aryl methyl sites for hydroxylation is 2. The predicted octanol–water partition coefficient (Wildman–Crippen LogP) is 3.84. The van der Waals surface area contributed by atoms with Crippen LogP contribution in [0.4, 0.5) is 11.4 Å². The van der Waals surface area contributed by atoms with E-state index in [1.54, 1.807) is 4.90 Å². The Morgan fingerprint density at radius 3 is 2.79 bits per heavy atom. The Morgan fingerprint density at radius 1 is 1.24 bits per heavy atom. The van der Waals surface area contributed by atoms with Gasteiger partial charge in [0.25, 0.3) is 0 Å². The van der Waals surface area contributed by atoms with E-state index in [0.717, 1.165) is 27.1 Å². The minimum absolute atomic E-state index is 0.0446. The summed E-state index contributed by atoms with van der Waals surface area (Å²) in [4.78, 5) is 31.3. The molecule has 0 spiro atoms. The van der Waals surface area contributed by atoms with Gasteiger partial charge in [-0.05, 0) is 49.7 Å². The number of H-pyrrole nitrogens is 1. The SMILES string of the molecule is Cc1nc(-c2cccc(NC(=O)C3CC(=O)N(c4ccc(Br)c(C)c4)C3)c2)n[nH]1. The van der Waals surface area contributed by atoms with E-state index >= 15 is 0 Å². The van der Waals surface area contributed by atoms with Crippen LogP contribution in [0.1, 0.15) is 17.8 Å². The third-order valence-electron chi connectivity index (χ3n) is 4.93. The lowest BCUT2D eigenvalue weighted by atomic mass is 10.1. The van der Waals surface area contributed by atoms with Gasteiger partial charge >= 0.3 is 0 Å². The Labute approximate surface area is 176 Å². The Balaban J connectivity index is 1.47. The van der Waals surface area contributed by atoms with E-state index in [-0.39, 0.29) is 18.2 Å². The van der Waals surface area contributed by atoms with Gasteiger partial charge in [-0.15, -0.1) is 0 Å². The molecule has 0 radical (unpaired) electrons. The van der Waals surface area contributed by atoms with Crippen LogP contribution in [-0.4, -0.2) is 33.5 Å². The molecule has 2 heterocycles. The molecule has 1 aliphatic heterocycles. The maximum atomic E-state index is 12.8. The number of hydrogen-bond donors (Lipinski definition) is 2. The maximum Gasteiger partial charge on any atom is 0.229 e. The fourth-order valence-electron chi connectivity index (χ4n) is 3.38. The highest BCUT2D eigenvalue weighted by Gasteiger charge is 2.35. The molecule has 1 saturated heterocycles. The number of nitrogens with one attached hydrogen (secondary N) is 2. The van der Waals surface area contributed by atoms with Crippen molar-refractivity contribution < 1.29 is 9.59 Å². The van der Waals surface area contributed by atoms with Crippen molar-refractivity contribution in [2.24, 2.45) is 5.92 Å². The first-order valence-corrected chi connectivity index (χ1v) is 10.1. The van der Waals surface area contributed by atoms with E-state index < -0.39 is 5.92 Å². The van der Waals surface area contributed by atoms with Gasteiger partial charge < -0.3 is 10.2 Å². The second kappa shape index (κ2) is 7.79. The lowest BCUT2D eigenvalue weighted by Gasteiger charge is -2.18. The topological polar surface area (TPSA) is 91.0 Å². The van der Waals surface area contributed by atoms with Gasteiger partial charge in [0.15, 0.2) is 5.82 Å². The number of benzene rings is 2. The summed E-state index contributed by atoms with van der Waals surface area (Å²) in [5.41, 5.74) is 3.32. The second-order valence-electron chi connectivity index (χ2n) is 7.15. The summed E-state index contributed by atoms with van der Waals surface area (Å²) in [7, 11) is 0. The van der Waals surface area contributed by atoms with Crippen molar-refractivity contribution in [3.05, 3.63) is 58.3 Å². The highest BCUT2D eigenvalue weighted by atomic mass is 79.9. The first-order valence-electron chi connectivity index (χ1n) is 9.27. The molecule has 4 rings (SSSR count). The fourth-order valence-corrected chi connectivity index (χ4v) is 3.63. The average Bonchev–Trinajstić information content (AvgIpc) is 3.30. The van der Waals surface area contributed by atoms with Crippen LogP contribution in [0, 0.1) is 19.8 Å². The summed E-state index contributed by atoms with van der Waals surface area (Å²) in [6.07, 6.45) is 0.195. The molecule has 2 amide bonds. The average molecular weight is 454 g/mol. The van der Waals surface area contributed by atoms with Crippen LogP contribution in [0.5, 0.6) is 0 Å². The normalized spacial score (nSPS) is 16.3. The van der Waals surface area contributed by atoms with Crippen molar-refractivity contribution in [2.45, 2.75) is 20.3 Å². The number of rotatable bonds is 4. The number of aromatic amines is 1. The van der Waals surface area contributed by atoms with Gasteiger partial charge in [-0.3, -0.25) is 14.7 Å². The Kier molecular flexibility index (Phi) is 5.19. The molecule has 0 bridgehead atoms. The molecule has 148 valence electrons. The molecule has 7 nitrogen and oxygen atoms in total. The van der Waals surface area contributed by atoms with Crippen molar-refractivity contribution in [3.8, 4) is 11.4 Å². The Morgan fingerprint density at radius 2 is 2.07 bits per heavy atom. The first-order chi connectivity index (χ1) is 13.9. The van der Waals surface area contributed by atoms with Crippen molar-refractivity contribution in [1.82, 2.24) is 15.2 Å². The Hall–Kier alpha value is -3.00. The largest absolute Gasteiger partial charge is 0.326 e. The summed E-state index contributed by atoms with van der Waals surface area (Å²) in [6.45, 7) is 4.17. The molecular formula is C21H20BrN5O2. The first kappa shape index (κ1) is 19.3. The molecule has 0 aliphatic carbocycles. The van der Waals surface area contributed by atoms with Gasteiger partial charge in [0, 0.05) is 34.4 Å². The standard InChI is InChI=1S/C21H20BrN5O2/c1-12-8-17(6-7-18(12)22)27-11-15(10-19(27)28)21(29)24-16-5-3-4-14(9-16)20-23-13(2)25-26-20/h3-9,15H,10-11H2,1-2H3,(H,24,29)(H,23,25,26). The van der Waals surface area contributed by atoms with Crippen LogP contribution >= 0.6 is 15.9 Å². The predicted molar refractivity (Wildman–Crippen MR) is 115 cm³/mol. The van der Waals surface area contributed by atoms with Crippen molar-refractivity contribution in [3.63, 3.8) is 0 Å². The molecule has 1 atom stereocenters. The van der Waals surface area contributed by atoms with Gasteiger partial charge in [-0.25, -0.2) is 4.98 Å². The van der Waals surface area contributed by atoms with E-state index in [1.807, 2.05) is 56.3 Å². The van der Waals surface area contributed by atoms with Gasteiger partial charge in [0.2, 0.25) is 11.8 Å². The second-order valence-corrected chi connectivity index (χ2v) is 8.01. The molecule has 1 fully saturated rings. The van der Waals surface area contributed by atoms with E-state index in [9.17, 15) is 9.59 Å². The maximum absolute atomic E-state index is 12.8. The van der Waals surface area contributed by atoms with Crippen molar-refractivity contribution in [1.29, 1.82) is 0 Å². The zero-order valence-electron chi connectivity index (χ0n) is 16.1. The number of carbonyl (C=O) groups is 2. The van der Waals surface area contributed by atoms with Crippen LogP contribution in [-0.2, 0) is 9.59 Å². The van der Waals surface area contributed by atoms with Crippen LogP contribution in [0.25, 0.3) is 11.4 Å². The monoisotopic (exact) mass is 453 g/mol. The molecule has 3 aromatic rings. The number of carbonyl (C=O) groups excluding carboxylic acids is 2. The molecule has 0 saturated carbocycles. The van der Waals surface area contributed by atoms with E-state index in [4.69, 9.17) is 0 Å². The molecule has 1 aliphatic rings. The molecular weight excluding hydrogens is 434 g/mol. The highest BCUT2D eigenvalue weighted by Crippen LogP contribution is 2.29. The molecule has 8 heteroatoms. The summed E-state index contributed by atoms with van der Waals surface area (Å²) in [5.74, 6) is 0.685. The number of nitrogens with zero attached hydrogens (tertiary/aromatic N) is 3. The van der Waals surface area contributed by atoms with Crippen molar-refractivity contribution in [2.75, 3.05) is 16.8 Å². The minimum Gasteiger partial charge on any atom is -0.326 e. The number of aromatic nitrogens is 3. The summed E-state index contributed by atoms with van der Waals surface area (Å²) < 4.78 is 0.990. The van der Waals surface area contributed by atoms with Gasteiger partial charge in [-0.1, -0.05) is 28.1 Å². The zero-order valence-corrected chi connectivity index (χ0v) is 17.7. The van der Waals surface area contributed by atoms with Crippen LogP contribution in [0.15, 0.2) is 46.9 Å². The number of anilines is 2. The number of halogens is 1. The van der Waals surface area contributed by atoms with Crippen molar-refractivity contribution >= 4 is 39.1 Å². The van der Waals surface area contributed by atoms with Crippen LogP contribution < -0.4 is 10.2 Å². The zero-order chi connectivity index (χ0) is 20.5. The molecule has 2 N–H and O–H groups in total. The third kappa shape index (κ3) is 4.07. The van der Waals surface area contributed by atoms with Crippen LogP contribution in [0.3, 0.4) is 0 Å². The highest BCUT2D eigenvalue weighted by molar-refractivity contribution is 9.10. The summed E-state index contributed by atoms with van der Waals surface area (Å²) in [5, 5.41) is 9.88. The summed E-state index contributed by atoms with van der Waals surface area (Å²) in [6, 6.07) is 13.1. The van der Waals surface area contributed by atoms with E-state index in [1.165, 1.54) is 0 Å². The van der Waals surface area contributed by atoms with Crippen LogP contribution in [0.2, 0.25) is 0 Å². The minimum atomic E-state index is -0.402. The third-order valence-corrected chi connectivity index (χ3v) is 5.82. The lowest BCUT2D eigenvalue weighted by Crippen LogP contribution is -2.28. The molecule has 1 unspecified atom stereocenters. The van der Waals surface area contributed by atoms with E-state index in [0.29, 0.717) is 18.1 Å². The van der Waals surface area contributed by atoms with Gasteiger partial charge in [-0.2, -0.15) is 5.10 Å². The fraction of sp³-hybridized carbons (Fsp3) is 0.238. The van der Waals surface area contributed by atoms with Gasteiger partial charge in [0.05, 0.1) is 5.92 Å². The number of hydrogen-bond acceptors (Lipinski definition) is 4. The molecule has 2 aromatic carbocycles. The smallest absolute Gasteiger partial charge is 0.229 e.